The average Bonchev–Trinajstić information content (AvgIpc) is 1.87. The summed E-state index contributed by atoms with van der Waals surface area (Å²) in [5, 5.41) is 1.06. The smallest absolute Gasteiger partial charge is 0.327 e. The number of esters is 1. The Morgan fingerprint density at radius 2 is 2.30 bits per heavy atom. The highest BCUT2D eigenvalue weighted by atomic mass is 35.5. The van der Waals surface area contributed by atoms with E-state index in [4.69, 9.17) is 5.73 Å². The largest absolute Gasteiger partial charge is 0.468 e. The van der Waals surface area contributed by atoms with Gasteiger partial charge in [0.15, 0.2) is 0 Å². The first-order valence-corrected chi connectivity index (χ1v) is 2.98. The molecule has 0 fully saturated rings. The Balaban J connectivity index is 0. The van der Waals surface area contributed by atoms with E-state index in [-0.39, 0.29) is 23.7 Å². The van der Waals surface area contributed by atoms with Crippen LogP contribution in [0.1, 0.15) is 0 Å². The van der Waals surface area contributed by atoms with Crippen molar-refractivity contribution in [1.82, 2.24) is 0 Å². The molecule has 0 aromatic heterocycles. The SMILES string of the molecule is COC(=O)[C@@H](N)C=S=O.Cl. The van der Waals surface area contributed by atoms with E-state index in [1.807, 2.05) is 0 Å². The van der Waals surface area contributed by atoms with Gasteiger partial charge in [0.25, 0.3) is 0 Å². The van der Waals surface area contributed by atoms with E-state index < -0.39 is 12.0 Å². The average molecular weight is 186 g/mol. The zero-order valence-electron chi connectivity index (χ0n) is 5.27. The molecule has 4 nitrogen and oxygen atoms in total. The number of carbonyl (C=O) groups is 1. The summed E-state index contributed by atoms with van der Waals surface area (Å²) in [5.74, 6) is -0.599. The molecule has 0 saturated carbocycles. The highest BCUT2D eigenvalue weighted by Crippen LogP contribution is 1.75. The maximum Gasteiger partial charge on any atom is 0.327 e. The second kappa shape index (κ2) is 6.73. The number of hydrogen-bond acceptors (Lipinski definition) is 4. The molecule has 0 saturated heterocycles. The molecule has 0 unspecified atom stereocenters. The second-order valence-corrected chi connectivity index (χ2v) is 1.75. The van der Waals surface area contributed by atoms with Crippen molar-refractivity contribution in [3.8, 4) is 0 Å². The summed E-state index contributed by atoms with van der Waals surface area (Å²) in [6.07, 6.45) is 0. The molecule has 60 valence electrons. The predicted octanol–water partition coefficient (Wildman–Crippen LogP) is -1.08. The number of methoxy groups -OCH3 is 1. The van der Waals surface area contributed by atoms with Crippen molar-refractivity contribution >= 4 is 35.0 Å². The van der Waals surface area contributed by atoms with Gasteiger partial charge in [-0.2, -0.15) is 0 Å². The lowest BCUT2D eigenvalue weighted by atomic mass is 10.4. The maximum atomic E-state index is 10.4. The van der Waals surface area contributed by atoms with Gasteiger partial charge in [0, 0.05) is 5.37 Å². The van der Waals surface area contributed by atoms with Gasteiger partial charge in [-0.1, -0.05) is 0 Å². The third kappa shape index (κ3) is 4.49. The summed E-state index contributed by atoms with van der Waals surface area (Å²) in [6.45, 7) is 0. The van der Waals surface area contributed by atoms with E-state index >= 15 is 0 Å². The Morgan fingerprint density at radius 3 is 2.60 bits per heavy atom. The Bertz CT molecular complexity index is 157. The van der Waals surface area contributed by atoms with Gasteiger partial charge in [-0.15, -0.1) is 12.4 Å². The lowest BCUT2D eigenvalue weighted by molar-refractivity contribution is -0.140. The fourth-order valence-corrected chi connectivity index (χ4v) is 0.482. The van der Waals surface area contributed by atoms with Crippen LogP contribution < -0.4 is 5.73 Å². The third-order valence-corrected chi connectivity index (χ3v) is 1.08. The van der Waals surface area contributed by atoms with E-state index in [0.29, 0.717) is 0 Å². The Morgan fingerprint density at radius 1 is 1.80 bits per heavy atom. The van der Waals surface area contributed by atoms with Crippen molar-refractivity contribution < 1.29 is 13.7 Å². The Labute approximate surface area is 68.2 Å². The monoisotopic (exact) mass is 185 g/mol. The molecule has 0 aliphatic rings. The van der Waals surface area contributed by atoms with Crippen molar-refractivity contribution in [3.05, 3.63) is 0 Å². The van der Waals surface area contributed by atoms with Crippen LogP contribution in [0.4, 0.5) is 0 Å². The van der Waals surface area contributed by atoms with Crippen molar-refractivity contribution in [2.24, 2.45) is 5.73 Å². The number of ether oxygens (including phenoxy) is 1. The van der Waals surface area contributed by atoms with Crippen LogP contribution in [0.3, 0.4) is 0 Å². The standard InChI is InChI=1S/C4H7NO3S.ClH/c1-8-4(6)3(5)2-9-7;/h2-3H,5H2,1H3;1H/t3-;/m0./s1. The lowest BCUT2D eigenvalue weighted by Gasteiger charge is -1.98. The molecule has 0 aromatic rings. The highest BCUT2D eigenvalue weighted by molar-refractivity contribution is 7.65. The summed E-state index contributed by atoms with van der Waals surface area (Å²) in [6, 6.07) is -0.905. The molecule has 1 atom stereocenters. The number of hydrogen-bond donors (Lipinski definition) is 1. The van der Waals surface area contributed by atoms with E-state index in [9.17, 15) is 9.00 Å². The zero-order chi connectivity index (χ0) is 7.28. The molecule has 0 amide bonds. The first-order valence-electron chi connectivity index (χ1n) is 2.17. The first kappa shape index (κ1) is 12.3. The fourth-order valence-electron chi connectivity index (χ4n) is 0.251. The van der Waals surface area contributed by atoms with Crippen LogP contribution in [0.15, 0.2) is 0 Å². The van der Waals surface area contributed by atoms with Gasteiger partial charge in [-0.3, -0.25) is 0 Å². The minimum atomic E-state index is -0.905. The van der Waals surface area contributed by atoms with Crippen LogP contribution in [-0.4, -0.2) is 28.7 Å². The quantitative estimate of drug-likeness (QED) is 0.439. The van der Waals surface area contributed by atoms with E-state index in [2.05, 4.69) is 4.74 Å². The van der Waals surface area contributed by atoms with Crippen LogP contribution in [0.5, 0.6) is 0 Å². The molecule has 0 radical (unpaired) electrons. The van der Waals surface area contributed by atoms with Gasteiger partial charge in [-0.25, -0.2) is 9.00 Å². The lowest BCUT2D eigenvalue weighted by Crippen LogP contribution is -2.32. The predicted molar refractivity (Wildman–Crippen MR) is 41.4 cm³/mol. The molecule has 0 aliphatic carbocycles. The van der Waals surface area contributed by atoms with Gasteiger partial charge in [0.2, 0.25) is 0 Å². The van der Waals surface area contributed by atoms with Crippen LogP contribution in [0.25, 0.3) is 0 Å². The maximum absolute atomic E-state index is 10.4. The van der Waals surface area contributed by atoms with Gasteiger partial charge in [0.1, 0.15) is 6.04 Å². The number of halogens is 1. The highest BCUT2D eigenvalue weighted by Gasteiger charge is 2.08. The summed E-state index contributed by atoms with van der Waals surface area (Å²) in [5.41, 5.74) is 5.09. The van der Waals surface area contributed by atoms with E-state index in [1.165, 1.54) is 7.11 Å². The van der Waals surface area contributed by atoms with Crippen molar-refractivity contribution in [2.75, 3.05) is 7.11 Å². The molecule has 0 aliphatic heterocycles. The van der Waals surface area contributed by atoms with E-state index in [0.717, 1.165) is 5.37 Å². The molecule has 0 rings (SSSR count). The number of rotatable bonds is 2. The molecule has 0 heterocycles. The number of nitrogens with two attached hydrogens (primary N) is 1. The van der Waals surface area contributed by atoms with Crippen LogP contribution >= 0.6 is 12.4 Å². The second-order valence-electron chi connectivity index (χ2n) is 1.28. The molecule has 0 spiro atoms. The van der Waals surface area contributed by atoms with Crippen LogP contribution in [0, 0.1) is 0 Å². The molecule has 0 bridgehead atoms. The molecule has 2 N–H and O–H groups in total. The molecular weight excluding hydrogens is 178 g/mol. The molecule has 0 aromatic carbocycles. The molecular formula is C4H8ClNO3S. The topological polar surface area (TPSA) is 69.4 Å². The Hall–Kier alpha value is -0.390. The molecule has 10 heavy (non-hydrogen) atoms. The van der Waals surface area contributed by atoms with Gasteiger partial charge >= 0.3 is 5.97 Å². The summed E-state index contributed by atoms with van der Waals surface area (Å²) in [7, 11) is 1.21. The number of carbonyl (C=O) groups excluding carboxylic acids is 1. The Kier molecular flexibility index (Phi) is 8.27. The zero-order valence-corrected chi connectivity index (χ0v) is 6.91. The van der Waals surface area contributed by atoms with Crippen LogP contribution in [-0.2, 0) is 20.8 Å². The van der Waals surface area contributed by atoms with Gasteiger partial charge in [0.05, 0.1) is 18.4 Å². The first-order chi connectivity index (χ1) is 4.22. The summed E-state index contributed by atoms with van der Waals surface area (Å²) < 4.78 is 14.0. The van der Waals surface area contributed by atoms with Gasteiger partial charge in [-0.05, 0) is 0 Å². The van der Waals surface area contributed by atoms with E-state index in [1.54, 1.807) is 0 Å². The van der Waals surface area contributed by atoms with Crippen LogP contribution in [0.2, 0.25) is 0 Å². The minimum Gasteiger partial charge on any atom is -0.468 e. The van der Waals surface area contributed by atoms with Gasteiger partial charge < -0.3 is 10.5 Å². The summed E-state index contributed by atoms with van der Waals surface area (Å²) >= 11 is 0.153. The van der Waals surface area contributed by atoms with Crippen molar-refractivity contribution in [3.63, 3.8) is 0 Å². The third-order valence-electron chi connectivity index (χ3n) is 0.676. The molecule has 6 heteroatoms. The van der Waals surface area contributed by atoms with Crippen molar-refractivity contribution in [2.45, 2.75) is 6.04 Å². The fraction of sp³-hybridized carbons (Fsp3) is 0.500. The van der Waals surface area contributed by atoms with Crippen molar-refractivity contribution in [1.29, 1.82) is 0 Å². The normalized spacial score (nSPS) is 10.6. The minimum absolute atomic E-state index is 0. The summed E-state index contributed by atoms with van der Waals surface area (Å²) in [4.78, 5) is 10.4.